The molecule has 94 valence electrons. The average Bonchev–Trinajstić information content (AvgIpc) is 2.76. The number of nitrogens with two attached hydrogens (primary N) is 1. The quantitative estimate of drug-likeness (QED) is 0.824. The molecule has 3 rings (SSSR count). The Bertz CT molecular complexity index is 578. The van der Waals surface area contributed by atoms with E-state index in [0.717, 1.165) is 24.1 Å². The molecule has 2 aromatic rings. The number of nitrogen functional groups attached to an aromatic ring is 1. The van der Waals surface area contributed by atoms with Gasteiger partial charge in [-0.2, -0.15) is 0 Å². The number of rotatable bonds is 2. The molecule has 18 heavy (non-hydrogen) atoms. The van der Waals surface area contributed by atoms with Gasteiger partial charge in [-0.15, -0.1) is 11.7 Å². The SMILES string of the molecule is C=CC1(c2c(N)nn3cccnc23)CCCCC1. The van der Waals surface area contributed by atoms with Crippen LogP contribution < -0.4 is 5.73 Å². The van der Waals surface area contributed by atoms with Crippen molar-refractivity contribution in [2.45, 2.75) is 37.5 Å². The van der Waals surface area contributed by atoms with Crippen molar-refractivity contribution in [3.05, 3.63) is 36.7 Å². The molecule has 0 amide bonds. The van der Waals surface area contributed by atoms with Crippen LogP contribution in [0.25, 0.3) is 5.65 Å². The van der Waals surface area contributed by atoms with Gasteiger partial charge in [0.05, 0.1) is 5.56 Å². The minimum absolute atomic E-state index is 0.0432. The Labute approximate surface area is 107 Å². The molecule has 2 heterocycles. The van der Waals surface area contributed by atoms with Gasteiger partial charge in [0.2, 0.25) is 0 Å². The summed E-state index contributed by atoms with van der Waals surface area (Å²) in [6.45, 7) is 4.04. The summed E-state index contributed by atoms with van der Waals surface area (Å²) >= 11 is 0. The van der Waals surface area contributed by atoms with Crippen molar-refractivity contribution >= 4 is 11.5 Å². The van der Waals surface area contributed by atoms with E-state index >= 15 is 0 Å². The minimum atomic E-state index is -0.0432. The lowest BCUT2D eigenvalue weighted by Gasteiger charge is -2.34. The number of allylic oxidation sites excluding steroid dienone is 1. The topological polar surface area (TPSA) is 56.2 Å². The highest BCUT2D eigenvalue weighted by Gasteiger charge is 2.36. The molecule has 4 nitrogen and oxygen atoms in total. The van der Waals surface area contributed by atoms with Crippen molar-refractivity contribution in [2.75, 3.05) is 5.73 Å². The fraction of sp³-hybridized carbons (Fsp3) is 0.429. The molecule has 0 unspecified atom stereocenters. The van der Waals surface area contributed by atoms with Gasteiger partial charge in [0.25, 0.3) is 0 Å². The maximum absolute atomic E-state index is 6.13. The van der Waals surface area contributed by atoms with Crippen molar-refractivity contribution in [1.82, 2.24) is 14.6 Å². The Morgan fingerprint density at radius 1 is 1.33 bits per heavy atom. The molecule has 0 radical (unpaired) electrons. The van der Waals surface area contributed by atoms with E-state index in [1.54, 1.807) is 10.7 Å². The number of hydrogen-bond acceptors (Lipinski definition) is 3. The standard InChI is InChI=1S/C14H18N4/c1-2-14(7-4-3-5-8-14)11-12(15)17-18-10-6-9-16-13(11)18/h2,6,9-10H,1,3-5,7-8H2,(H2,15,17). The third-order valence-electron chi connectivity index (χ3n) is 4.06. The summed E-state index contributed by atoms with van der Waals surface area (Å²) in [7, 11) is 0. The monoisotopic (exact) mass is 242 g/mol. The third-order valence-corrected chi connectivity index (χ3v) is 4.06. The number of hydrogen-bond donors (Lipinski definition) is 1. The molecule has 1 aliphatic carbocycles. The van der Waals surface area contributed by atoms with Crippen LogP contribution in [0.5, 0.6) is 0 Å². The van der Waals surface area contributed by atoms with Gasteiger partial charge < -0.3 is 5.73 Å². The fourth-order valence-electron chi connectivity index (χ4n) is 3.12. The van der Waals surface area contributed by atoms with Crippen molar-refractivity contribution in [3.8, 4) is 0 Å². The zero-order chi connectivity index (χ0) is 12.6. The van der Waals surface area contributed by atoms with Crippen molar-refractivity contribution in [2.24, 2.45) is 0 Å². The van der Waals surface area contributed by atoms with E-state index in [2.05, 4.69) is 16.7 Å². The van der Waals surface area contributed by atoms with Crippen molar-refractivity contribution in [3.63, 3.8) is 0 Å². The van der Waals surface area contributed by atoms with Crippen LogP contribution >= 0.6 is 0 Å². The summed E-state index contributed by atoms with van der Waals surface area (Å²) < 4.78 is 1.77. The molecule has 0 bridgehead atoms. The Balaban J connectivity index is 2.23. The minimum Gasteiger partial charge on any atom is -0.382 e. The average molecular weight is 242 g/mol. The highest BCUT2D eigenvalue weighted by molar-refractivity contribution is 5.64. The summed E-state index contributed by atoms with van der Waals surface area (Å²) in [4.78, 5) is 4.44. The maximum atomic E-state index is 6.13. The molecule has 1 aliphatic rings. The second-order valence-corrected chi connectivity index (χ2v) is 5.07. The lowest BCUT2D eigenvalue weighted by Crippen LogP contribution is -2.27. The Morgan fingerprint density at radius 3 is 2.83 bits per heavy atom. The lowest BCUT2D eigenvalue weighted by atomic mass is 9.70. The second-order valence-electron chi connectivity index (χ2n) is 5.07. The molecule has 2 N–H and O–H groups in total. The molecule has 0 aromatic carbocycles. The van der Waals surface area contributed by atoms with Gasteiger partial charge in [-0.25, -0.2) is 9.50 Å². The van der Waals surface area contributed by atoms with Gasteiger partial charge in [0.1, 0.15) is 0 Å². The summed E-state index contributed by atoms with van der Waals surface area (Å²) in [5, 5.41) is 4.37. The predicted octanol–water partition coefficient (Wildman–Crippen LogP) is 2.70. The molecule has 0 atom stereocenters. The van der Waals surface area contributed by atoms with E-state index in [0.29, 0.717) is 5.82 Å². The van der Waals surface area contributed by atoms with Crippen LogP contribution in [0.1, 0.15) is 37.7 Å². The highest BCUT2D eigenvalue weighted by Crippen LogP contribution is 2.43. The smallest absolute Gasteiger partial charge is 0.161 e. The first kappa shape index (κ1) is 11.3. The zero-order valence-corrected chi connectivity index (χ0v) is 10.5. The van der Waals surface area contributed by atoms with Gasteiger partial charge in [-0.1, -0.05) is 25.3 Å². The van der Waals surface area contributed by atoms with E-state index in [1.807, 2.05) is 18.3 Å². The van der Waals surface area contributed by atoms with Crippen molar-refractivity contribution < 1.29 is 0 Å². The number of anilines is 1. The number of fused-ring (bicyclic) bond motifs is 1. The largest absolute Gasteiger partial charge is 0.382 e. The number of aromatic nitrogens is 3. The van der Waals surface area contributed by atoms with E-state index < -0.39 is 0 Å². The molecule has 0 spiro atoms. The predicted molar refractivity (Wildman–Crippen MR) is 72.4 cm³/mol. The second kappa shape index (κ2) is 4.12. The molecule has 0 aliphatic heterocycles. The van der Waals surface area contributed by atoms with Crippen LogP contribution in [0.4, 0.5) is 5.82 Å². The maximum Gasteiger partial charge on any atom is 0.161 e. The summed E-state index contributed by atoms with van der Waals surface area (Å²) in [5.41, 5.74) is 8.02. The molecule has 4 heteroatoms. The van der Waals surface area contributed by atoms with Gasteiger partial charge in [0.15, 0.2) is 11.5 Å². The molecular formula is C14H18N4. The Hall–Kier alpha value is -1.84. The summed E-state index contributed by atoms with van der Waals surface area (Å²) in [6, 6.07) is 1.87. The number of nitrogens with zero attached hydrogens (tertiary/aromatic N) is 3. The van der Waals surface area contributed by atoms with Crippen molar-refractivity contribution in [1.29, 1.82) is 0 Å². The Kier molecular flexibility index (Phi) is 2.58. The van der Waals surface area contributed by atoms with Gasteiger partial charge in [-0.3, -0.25) is 0 Å². The molecule has 1 fully saturated rings. The van der Waals surface area contributed by atoms with Gasteiger partial charge in [-0.05, 0) is 18.9 Å². The fourth-order valence-corrected chi connectivity index (χ4v) is 3.12. The normalized spacial score (nSPS) is 18.9. The molecule has 2 aromatic heterocycles. The van der Waals surface area contributed by atoms with E-state index in [1.165, 1.54) is 19.3 Å². The highest BCUT2D eigenvalue weighted by atomic mass is 15.3. The van der Waals surface area contributed by atoms with Gasteiger partial charge in [0, 0.05) is 17.8 Å². The van der Waals surface area contributed by atoms with Crippen LogP contribution in [0, 0.1) is 0 Å². The van der Waals surface area contributed by atoms with Crippen LogP contribution in [0.15, 0.2) is 31.1 Å². The van der Waals surface area contributed by atoms with E-state index in [4.69, 9.17) is 5.73 Å². The third kappa shape index (κ3) is 1.52. The summed E-state index contributed by atoms with van der Waals surface area (Å²) in [6.07, 6.45) is 11.7. The van der Waals surface area contributed by atoms with Gasteiger partial charge >= 0.3 is 0 Å². The molecule has 1 saturated carbocycles. The lowest BCUT2D eigenvalue weighted by molar-refractivity contribution is 0.360. The first-order valence-electron chi connectivity index (χ1n) is 6.50. The van der Waals surface area contributed by atoms with Crippen LogP contribution in [-0.2, 0) is 5.41 Å². The van der Waals surface area contributed by atoms with Crippen LogP contribution in [0.2, 0.25) is 0 Å². The first-order chi connectivity index (χ1) is 8.77. The Morgan fingerprint density at radius 2 is 2.11 bits per heavy atom. The van der Waals surface area contributed by atoms with E-state index in [-0.39, 0.29) is 5.41 Å². The van der Waals surface area contributed by atoms with E-state index in [9.17, 15) is 0 Å². The molecular weight excluding hydrogens is 224 g/mol. The zero-order valence-electron chi connectivity index (χ0n) is 10.5. The first-order valence-corrected chi connectivity index (χ1v) is 6.50. The summed E-state index contributed by atoms with van der Waals surface area (Å²) in [5.74, 6) is 0.593. The van der Waals surface area contributed by atoms with Crippen LogP contribution in [0.3, 0.4) is 0 Å². The van der Waals surface area contributed by atoms with Crippen LogP contribution in [-0.4, -0.2) is 14.6 Å². The molecule has 0 saturated heterocycles.